The molecule has 2 aromatic heterocycles. The maximum atomic E-state index is 13.0. The van der Waals surface area contributed by atoms with E-state index in [4.69, 9.17) is 4.98 Å². The maximum absolute atomic E-state index is 13.0. The van der Waals surface area contributed by atoms with Crippen molar-refractivity contribution in [1.29, 1.82) is 0 Å². The number of aryl methyl sites for hydroxylation is 2. The first-order valence-electron chi connectivity index (χ1n) is 9.20. The summed E-state index contributed by atoms with van der Waals surface area (Å²) in [6.45, 7) is 1.89. The van der Waals surface area contributed by atoms with Gasteiger partial charge in [0.2, 0.25) is 0 Å². The molecule has 4 rings (SSSR count). The van der Waals surface area contributed by atoms with Gasteiger partial charge in [0.1, 0.15) is 0 Å². The summed E-state index contributed by atoms with van der Waals surface area (Å²) >= 11 is 0. The number of carbonyl (C=O) groups excluding carboxylic acids is 2. The van der Waals surface area contributed by atoms with Crippen molar-refractivity contribution in [1.82, 2.24) is 20.1 Å². The van der Waals surface area contributed by atoms with Gasteiger partial charge in [-0.05, 0) is 50.1 Å². The Kier molecular flexibility index (Phi) is 4.46. The second-order valence-corrected chi connectivity index (χ2v) is 7.01. The predicted molar refractivity (Wildman–Crippen MR) is 108 cm³/mol. The first kappa shape index (κ1) is 18.0. The maximum Gasteiger partial charge on any atom is 0.318 e. The number of carbonyl (C=O) groups is 2. The van der Waals surface area contributed by atoms with Crippen LogP contribution in [0.2, 0.25) is 0 Å². The van der Waals surface area contributed by atoms with E-state index in [0.717, 1.165) is 35.3 Å². The molecule has 0 bridgehead atoms. The van der Waals surface area contributed by atoms with Gasteiger partial charge >= 0.3 is 6.03 Å². The van der Waals surface area contributed by atoms with Gasteiger partial charge in [0.15, 0.2) is 5.65 Å². The fourth-order valence-corrected chi connectivity index (χ4v) is 3.26. The van der Waals surface area contributed by atoms with Crippen LogP contribution < -0.4 is 16.0 Å². The van der Waals surface area contributed by atoms with Crippen LogP contribution in [0.25, 0.3) is 11.0 Å². The summed E-state index contributed by atoms with van der Waals surface area (Å²) in [5, 5.41) is 13.3. The zero-order chi connectivity index (χ0) is 19.8. The average Bonchev–Trinajstić information content (AvgIpc) is 3.49. The van der Waals surface area contributed by atoms with E-state index in [9.17, 15) is 9.59 Å². The molecule has 1 saturated carbocycles. The van der Waals surface area contributed by atoms with Crippen LogP contribution >= 0.6 is 0 Å². The molecular weight excluding hydrogens is 356 g/mol. The highest BCUT2D eigenvalue weighted by Crippen LogP contribution is 2.40. The molecule has 8 heteroatoms. The number of hydrogen-bond donors (Lipinski definition) is 3. The number of benzene rings is 1. The van der Waals surface area contributed by atoms with Crippen molar-refractivity contribution >= 4 is 34.3 Å². The quantitative estimate of drug-likeness (QED) is 0.649. The molecule has 8 nitrogen and oxygen atoms in total. The van der Waals surface area contributed by atoms with Crippen molar-refractivity contribution in [3.8, 4) is 0 Å². The Labute approximate surface area is 162 Å². The van der Waals surface area contributed by atoms with Gasteiger partial charge in [-0.2, -0.15) is 5.10 Å². The monoisotopic (exact) mass is 378 g/mol. The summed E-state index contributed by atoms with van der Waals surface area (Å²) in [6, 6.07) is 8.57. The molecule has 3 N–H and O–H groups in total. The number of hydrogen-bond acceptors (Lipinski definition) is 4. The number of pyridine rings is 1. The Hall–Kier alpha value is -3.42. The lowest BCUT2D eigenvalue weighted by Gasteiger charge is -2.10. The second kappa shape index (κ2) is 6.95. The van der Waals surface area contributed by atoms with Crippen LogP contribution in [0.1, 0.15) is 40.5 Å². The molecule has 1 aromatic carbocycles. The van der Waals surface area contributed by atoms with Crippen LogP contribution in [-0.4, -0.2) is 33.8 Å². The van der Waals surface area contributed by atoms with Crippen LogP contribution in [0.3, 0.4) is 0 Å². The standard InChI is InChI=1S/C20H22N6O2/c1-11-17-15(10-16(12-4-5-12)24-18(17)26(3)25-11)19(27)22-13-6-8-14(9-7-13)23-20(28)21-2/h6-10,12H,4-5H2,1-3H3,(H,22,27)(H2,21,23,28). The lowest BCUT2D eigenvalue weighted by Crippen LogP contribution is -2.24. The molecule has 3 aromatic rings. The van der Waals surface area contributed by atoms with Gasteiger partial charge < -0.3 is 16.0 Å². The molecule has 1 fully saturated rings. The number of nitrogens with zero attached hydrogens (tertiary/aromatic N) is 3. The minimum atomic E-state index is -0.296. The Balaban J connectivity index is 1.63. The molecule has 3 amide bonds. The Morgan fingerprint density at radius 1 is 1.11 bits per heavy atom. The second-order valence-electron chi connectivity index (χ2n) is 7.01. The highest BCUT2D eigenvalue weighted by molar-refractivity contribution is 6.12. The molecule has 2 heterocycles. The Bertz CT molecular complexity index is 1070. The Morgan fingerprint density at radius 3 is 2.36 bits per heavy atom. The van der Waals surface area contributed by atoms with Gasteiger partial charge in [-0.15, -0.1) is 0 Å². The minimum Gasteiger partial charge on any atom is -0.341 e. The molecule has 0 aliphatic heterocycles. The van der Waals surface area contributed by atoms with Crippen molar-refractivity contribution in [2.75, 3.05) is 17.7 Å². The van der Waals surface area contributed by atoms with Crippen LogP contribution in [0.4, 0.5) is 16.2 Å². The van der Waals surface area contributed by atoms with Crippen molar-refractivity contribution in [3.63, 3.8) is 0 Å². The SMILES string of the molecule is CNC(=O)Nc1ccc(NC(=O)c2cc(C3CC3)nc3c2c(C)nn3C)cc1. The summed E-state index contributed by atoms with van der Waals surface area (Å²) < 4.78 is 1.73. The van der Waals surface area contributed by atoms with E-state index in [-0.39, 0.29) is 11.9 Å². The van der Waals surface area contributed by atoms with E-state index in [1.807, 2.05) is 20.0 Å². The number of amides is 3. The minimum absolute atomic E-state index is 0.197. The number of aromatic nitrogens is 3. The van der Waals surface area contributed by atoms with Crippen LogP contribution in [0, 0.1) is 6.92 Å². The zero-order valence-corrected chi connectivity index (χ0v) is 16.0. The fourth-order valence-electron chi connectivity index (χ4n) is 3.26. The van der Waals surface area contributed by atoms with Crippen LogP contribution in [0.15, 0.2) is 30.3 Å². The van der Waals surface area contributed by atoms with Gasteiger partial charge in [-0.25, -0.2) is 9.78 Å². The fraction of sp³-hybridized carbons (Fsp3) is 0.300. The summed E-state index contributed by atoms with van der Waals surface area (Å²) in [7, 11) is 3.40. The summed E-state index contributed by atoms with van der Waals surface area (Å²) in [5.41, 5.74) is 4.34. The average molecular weight is 378 g/mol. The smallest absolute Gasteiger partial charge is 0.318 e. The predicted octanol–water partition coefficient (Wildman–Crippen LogP) is 3.16. The summed E-state index contributed by atoms with van der Waals surface area (Å²) in [6.07, 6.45) is 2.21. The van der Waals surface area contributed by atoms with E-state index in [2.05, 4.69) is 21.0 Å². The number of urea groups is 1. The van der Waals surface area contributed by atoms with E-state index in [0.29, 0.717) is 22.9 Å². The van der Waals surface area contributed by atoms with Crippen molar-refractivity contribution in [2.24, 2.45) is 7.05 Å². The van der Waals surface area contributed by atoms with E-state index in [1.54, 1.807) is 36.0 Å². The molecule has 144 valence electrons. The lowest BCUT2D eigenvalue weighted by molar-refractivity contribution is 0.102. The van der Waals surface area contributed by atoms with Gasteiger partial charge in [0.05, 0.1) is 16.6 Å². The third kappa shape index (κ3) is 3.40. The van der Waals surface area contributed by atoms with Gasteiger partial charge in [-0.1, -0.05) is 0 Å². The van der Waals surface area contributed by atoms with Crippen LogP contribution in [-0.2, 0) is 7.05 Å². The van der Waals surface area contributed by atoms with Gasteiger partial charge in [-0.3, -0.25) is 9.48 Å². The van der Waals surface area contributed by atoms with E-state index < -0.39 is 0 Å². The molecule has 0 radical (unpaired) electrons. The Morgan fingerprint density at radius 2 is 1.75 bits per heavy atom. The number of fused-ring (bicyclic) bond motifs is 1. The van der Waals surface area contributed by atoms with E-state index >= 15 is 0 Å². The normalized spacial score (nSPS) is 13.4. The first-order valence-corrected chi connectivity index (χ1v) is 9.20. The van der Waals surface area contributed by atoms with E-state index in [1.165, 1.54) is 0 Å². The summed E-state index contributed by atoms with van der Waals surface area (Å²) in [5.74, 6) is 0.235. The third-order valence-corrected chi connectivity index (χ3v) is 4.86. The van der Waals surface area contributed by atoms with Crippen molar-refractivity contribution in [3.05, 3.63) is 47.3 Å². The molecule has 0 saturated heterocycles. The van der Waals surface area contributed by atoms with Gasteiger partial charge in [0, 0.05) is 37.1 Å². The number of rotatable bonds is 4. The van der Waals surface area contributed by atoms with Crippen molar-refractivity contribution < 1.29 is 9.59 Å². The molecule has 1 aliphatic rings. The zero-order valence-electron chi connectivity index (χ0n) is 16.0. The number of anilines is 2. The third-order valence-electron chi connectivity index (χ3n) is 4.86. The summed E-state index contributed by atoms with van der Waals surface area (Å²) in [4.78, 5) is 29.1. The molecule has 0 spiro atoms. The first-order chi connectivity index (χ1) is 13.5. The number of nitrogens with one attached hydrogen (secondary N) is 3. The largest absolute Gasteiger partial charge is 0.341 e. The van der Waals surface area contributed by atoms with Crippen molar-refractivity contribution in [2.45, 2.75) is 25.7 Å². The van der Waals surface area contributed by atoms with Crippen LogP contribution in [0.5, 0.6) is 0 Å². The molecular formula is C20H22N6O2. The molecule has 0 atom stereocenters. The molecule has 28 heavy (non-hydrogen) atoms. The molecule has 1 aliphatic carbocycles. The lowest BCUT2D eigenvalue weighted by atomic mass is 10.1. The topological polar surface area (TPSA) is 101 Å². The molecule has 0 unspecified atom stereocenters. The highest BCUT2D eigenvalue weighted by Gasteiger charge is 2.28. The highest BCUT2D eigenvalue weighted by atomic mass is 16.2. The van der Waals surface area contributed by atoms with Gasteiger partial charge in [0.25, 0.3) is 5.91 Å².